The molecule has 11 nitrogen and oxygen atoms in total. The molecule has 0 unspecified atom stereocenters. The van der Waals surface area contributed by atoms with Gasteiger partial charge in [-0.25, -0.2) is 23.0 Å². The van der Waals surface area contributed by atoms with Crippen molar-refractivity contribution in [3.63, 3.8) is 0 Å². The first-order valence-electron chi connectivity index (χ1n) is 13.4. The lowest BCUT2D eigenvalue weighted by molar-refractivity contribution is -0.137. The van der Waals surface area contributed by atoms with Crippen LogP contribution in [0.1, 0.15) is 30.2 Å². The molecular formula is C30H30N4O7S. The molecule has 0 fully saturated rings. The second-order valence-corrected chi connectivity index (χ2v) is 11.8. The smallest absolute Gasteiger partial charge is 0.413 e. The highest BCUT2D eigenvalue weighted by molar-refractivity contribution is 7.90. The van der Waals surface area contributed by atoms with Gasteiger partial charge in [-0.1, -0.05) is 6.07 Å². The number of nitrogens with zero attached hydrogens (tertiary/aromatic N) is 4. The lowest BCUT2D eigenvalue weighted by atomic mass is 10.1. The molecule has 12 heteroatoms. The van der Waals surface area contributed by atoms with Crippen LogP contribution in [0.4, 0.5) is 10.6 Å². The summed E-state index contributed by atoms with van der Waals surface area (Å²) in [5.74, 6) is 0.557. The van der Waals surface area contributed by atoms with Gasteiger partial charge in [-0.3, -0.25) is 9.88 Å². The molecule has 3 aromatic heterocycles. The van der Waals surface area contributed by atoms with Crippen LogP contribution in [0.3, 0.4) is 0 Å². The lowest BCUT2D eigenvalue weighted by Crippen LogP contribution is -2.35. The largest absolute Gasteiger partial charge is 0.493 e. The van der Waals surface area contributed by atoms with Gasteiger partial charge in [-0.15, -0.1) is 0 Å². The number of carbonyl (C=O) groups excluding carboxylic acids is 1. The standard InChI is InChI=1S/C30H30N4O7S/c1-3-40-28(35)17-27(22-16-25(19-31-18-22)42(2,38)39)33-13-10-21-15-24(8-9-26(21)33)41-14-11-23-7-6-20-5-4-12-34(30(36)37)29(20)32-23/h6-10,13,15-19H,3-5,11-12,14H2,1-2H3,(H,36,37)/b27-17+. The number of anilines is 1. The molecule has 0 bridgehead atoms. The number of carbonyl (C=O) groups is 2. The summed E-state index contributed by atoms with van der Waals surface area (Å²) in [7, 11) is -3.52. The molecule has 1 aliphatic rings. The summed E-state index contributed by atoms with van der Waals surface area (Å²) in [5.41, 5.74) is 3.27. The fraction of sp³-hybridized carbons (Fsp3) is 0.267. The first kappa shape index (κ1) is 28.8. The summed E-state index contributed by atoms with van der Waals surface area (Å²) >= 11 is 0. The highest BCUT2D eigenvalue weighted by atomic mass is 32.2. The zero-order valence-electron chi connectivity index (χ0n) is 23.2. The third kappa shape index (κ3) is 6.28. The average molecular weight is 591 g/mol. The van der Waals surface area contributed by atoms with E-state index in [4.69, 9.17) is 9.47 Å². The molecule has 1 aliphatic heterocycles. The van der Waals surface area contributed by atoms with Crippen LogP contribution in [-0.4, -0.2) is 66.1 Å². The van der Waals surface area contributed by atoms with E-state index in [1.165, 1.54) is 29.4 Å². The Morgan fingerprint density at radius 1 is 1.12 bits per heavy atom. The van der Waals surface area contributed by atoms with Gasteiger partial charge in [0.25, 0.3) is 0 Å². The maximum atomic E-state index is 12.5. The van der Waals surface area contributed by atoms with Crippen molar-refractivity contribution in [2.75, 3.05) is 30.9 Å². The van der Waals surface area contributed by atoms with Gasteiger partial charge in [-0.05, 0) is 61.7 Å². The molecule has 1 aromatic carbocycles. The SMILES string of the molecule is CCOC(=O)/C=C(\c1cncc(S(C)(=O)=O)c1)n1ccc2cc(OCCc3ccc4c(n3)N(C(=O)O)CCC4)ccc21. The maximum Gasteiger partial charge on any atom is 0.413 e. The molecule has 4 heterocycles. The fourth-order valence-corrected chi connectivity index (χ4v) is 5.44. The number of hydrogen-bond donors (Lipinski definition) is 1. The summed E-state index contributed by atoms with van der Waals surface area (Å²) < 4.78 is 37.2. The van der Waals surface area contributed by atoms with Gasteiger partial charge in [0, 0.05) is 60.5 Å². The first-order valence-corrected chi connectivity index (χ1v) is 15.3. The highest BCUT2D eigenvalue weighted by Gasteiger charge is 2.23. The van der Waals surface area contributed by atoms with Gasteiger partial charge in [0.15, 0.2) is 9.84 Å². The predicted octanol–water partition coefficient (Wildman–Crippen LogP) is 4.34. The molecule has 0 aliphatic carbocycles. The Labute approximate surface area is 242 Å². The normalized spacial score (nSPS) is 13.6. The molecule has 1 amide bonds. The molecule has 0 saturated heterocycles. The lowest BCUT2D eigenvalue weighted by Gasteiger charge is -2.26. The highest BCUT2D eigenvalue weighted by Crippen LogP contribution is 2.29. The minimum absolute atomic E-state index is 0.0333. The van der Waals surface area contributed by atoms with Crippen molar-refractivity contribution in [1.29, 1.82) is 0 Å². The van der Waals surface area contributed by atoms with Crippen molar-refractivity contribution in [2.24, 2.45) is 0 Å². The average Bonchev–Trinajstić information content (AvgIpc) is 3.38. The molecule has 0 atom stereocenters. The van der Waals surface area contributed by atoms with E-state index >= 15 is 0 Å². The number of ether oxygens (including phenoxy) is 2. The Hall–Kier alpha value is -4.71. The minimum Gasteiger partial charge on any atom is -0.493 e. The summed E-state index contributed by atoms with van der Waals surface area (Å²) in [6, 6.07) is 12.7. The van der Waals surface area contributed by atoms with E-state index in [1.807, 2.05) is 30.3 Å². The summed E-state index contributed by atoms with van der Waals surface area (Å²) in [5, 5.41) is 10.3. The van der Waals surface area contributed by atoms with Crippen molar-refractivity contribution < 1.29 is 32.6 Å². The molecule has 0 spiro atoms. The number of esters is 1. The van der Waals surface area contributed by atoms with Crippen LogP contribution in [0, 0.1) is 0 Å². The number of benzene rings is 1. The Morgan fingerprint density at radius 3 is 2.71 bits per heavy atom. The summed E-state index contributed by atoms with van der Waals surface area (Å²) in [4.78, 5) is 34.0. The molecule has 0 saturated carbocycles. The number of aromatic nitrogens is 3. The number of sulfone groups is 1. The maximum absolute atomic E-state index is 12.5. The van der Waals surface area contributed by atoms with Crippen LogP contribution in [0.25, 0.3) is 16.6 Å². The predicted molar refractivity (Wildman–Crippen MR) is 156 cm³/mol. The number of amides is 1. The molecule has 0 radical (unpaired) electrons. The molecule has 42 heavy (non-hydrogen) atoms. The van der Waals surface area contributed by atoms with Crippen LogP contribution in [0.5, 0.6) is 5.75 Å². The van der Waals surface area contributed by atoms with E-state index in [-0.39, 0.29) is 11.5 Å². The zero-order chi connectivity index (χ0) is 29.9. The summed E-state index contributed by atoms with van der Waals surface area (Å²) in [6.45, 7) is 2.67. The van der Waals surface area contributed by atoms with Gasteiger partial charge >= 0.3 is 12.1 Å². The number of pyridine rings is 2. The number of fused-ring (bicyclic) bond motifs is 2. The fourth-order valence-electron chi connectivity index (χ4n) is 4.85. The zero-order valence-corrected chi connectivity index (χ0v) is 24.0. The van der Waals surface area contributed by atoms with E-state index in [9.17, 15) is 23.1 Å². The monoisotopic (exact) mass is 590 g/mol. The third-order valence-electron chi connectivity index (χ3n) is 6.85. The van der Waals surface area contributed by atoms with Gasteiger partial charge < -0.3 is 19.1 Å². The number of hydrogen-bond acceptors (Lipinski definition) is 8. The van der Waals surface area contributed by atoms with Gasteiger partial charge in [-0.2, -0.15) is 0 Å². The first-order chi connectivity index (χ1) is 20.1. The molecule has 4 aromatic rings. The van der Waals surface area contributed by atoms with Crippen molar-refractivity contribution in [1.82, 2.24) is 14.5 Å². The third-order valence-corrected chi connectivity index (χ3v) is 7.93. The Bertz CT molecular complexity index is 1800. The van der Waals surface area contributed by atoms with E-state index in [1.54, 1.807) is 23.8 Å². The van der Waals surface area contributed by atoms with Crippen molar-refractivity contribution in [2.45, 2.75) is 31.1 Å². The van der Waals surface area contributed by atoms with Crippen LogP contribution in [0.2, 0.25) is 0 Å². The number of aryl methyl sites for hydroxylation is 1. The van der Waals surface area contributed by atoms with Crippen molar-refractivity contribution in [3.05, 3.63) is 84.0 Å². The van der Waals surface area contributed by atoms with Crippen molar-refractivity contribution >= 4 is 44.3 Å². The van der Waals surface area contributed by atoms with Gasteiger partial charge in [0.2, 0.25) is 0 Å². The van der Waals surface area contributed by atoms with E-state index in [0.29, 0.717) is 42.4 Å². The van der Waals surface area contributed by atoms with Gasteiger partial charge in [0.05, 0.1) is 29.3 Å². The minimum atomic E-state index is -3.52. The van der Waals surface area contributed by atoms with Crippen LogP contribution < -0.4 is 9.64 Å². The second kappa shape index (κ2) is 12.0. The Kier molecular flexibility index (Phi) is 8.25. The van der Waals surface area contributed by atoms with Crippen molar-refractivity contribution in [3.8, 4) is 5.75 Å². The van der Waals surface area contributed by atoms with E-state index in [0.717, 1.165) is 41.3 Å². The topological polar surface area (TPSA) is 141 Å². The van der Waals surface area contributed by atoms with E-state index < -0.39 is 21.9 Å². The van der Waals surface area contributed by atoms with Gasteiger partial charge in [0.1, 0.15) is 11.6 Å². The molecule has 1 N–H and O–H groups in total. The van der Waals surface area contributed by atoms with Crippen LogP contribution in [-0.2, 0) is 32.2 Å². The molecular weight excluding hydrogens is 560 g/mol. The number of rotatable bonds is 9. The van der Waals surface area contributed by atoms with Crippen LogP contribution >= 0.6 is 0 Å². The molecule has 5 rings (SSSR count). The summed E-state index contributed by atoms with van der Waals surface area (Å²) in [6.07, 6.45) is 8.02. The van der Waals surface area contributed by atoms with Crippen LogP contribution in [0.15, 0.2) is 72.0 Å². The quantitative estimate of drug-likeness (QED) is 0.223. The Morgan fingerprint density at radius 2 is 1.95 bits per heavy atom. The second-order valence-electron chi connectivity index (χ2n) is 9.79. The van der Waals surface area contributed by atoms with E-state index in [2.05, 4.69) is 9.97 Å². The number of carboxylic acid groups (broad SMARTS) is 1. The Balaban J connectivity index is 1.37. The molecule has 218 valence electrons.